The number of rotatable bonds is 4. The maximum Gasteiger partial charge on any atom is 0.261 e. The smallest absolute Gasteiger partial charge is 0.261 e. The van der Waals surface area contributed by atoms with E-state index in [1.807, 2.05) is 0 Å². The highest BCUT2D eigenvalue weighted by molar-refractivity contribution is 7.92. The van der Waals surface area contributed by atoms with Crippen molar-refractivity contribution in [1.82, 2.24) is 0 Å². The molecule has 2 aromatic carbocycles. The van der Waals surface area contributed by atoms with Crippen LogP contribution in [0.4, 0.5) is 10.1 Å². The molecule has 0 saturated heterocycles. The third-order valence-electron chi connectivity index (χ3n) is 2.64. The Labute approximate surface area is 120 Å². The normalized spacial score (nSPS) is 10.7. The first-order valence-electron chi connectivity index (χ1n) is 5.74. The third kappa shape index (κ3) is 3.24. The summed E-state index contributed by atoms with van der Waals surface area (Å²) < 4.78 is 39.8. The predicted octanol–water partition coefficient (Wildman–Crippen LogP) is 2.31. The molecule has 1 N–H and O–H groups in total. The number of halogens is 1. The molecule has 0 spiro atoms. The summed E-state index contributed by atoms with van der Waals surface area (Å²) in [5.41, 5.74) is 0.147. The van der Waals surface area contributed by atoms with Gasteiger partial charge in [0.05, 0.1) is 10.5 Å². The molecule has 0 radical (unpaired) electrons. The molecular formula is C14H9FN2O3S. The van der Waals surface area contributed by atoms with Gasteiger partial charge in [-0.1, -0.05) is 12.1 Å². The Morgan fingerprint density at radius 1 is 1.19 bits per heavy atom. The van der Waals surface area contributed by atoms with Gasteiger partial charge in [-0.2, -0.15) is 5.26 Å². The molecule has 0 bridgehead atoms. The number of anilines is 1. The second-order valence-corrected chi connectivity index (χ2v) is 5.78. The summed E-state index contributed by atoms with van der Waals surface area (Å²) in [4.78, 5) is 10.4. The van der Waals surface area contributed by atoms with E-state index < -0.39 is 15.8 Å². The quantitative estimate of drug-likeness (QED) is 0.878. The molecule has 2 rings (SSSR count). The number of carbonyl (C=O) groups excluding carboxylic acids is 1. The van der Waals surface area contributed by atoms with Crippen molar-refractivity contribution < 1.29 is 17.6 Å². The molecule has 0 aliphatic heterocycles. The van der Waals surface area contributed by atoms with Crippen molar-refractivity contribution >= 4 is 22.0 Å². The molecule has 21 heavy (non-hydrogen) atoms. The van der Waals surface area contributed by atoms with E-state index in [4.69, 9.17) is 5.26 Å². The minimum Gasteiger partial charge on any atom is -0.298 e. The molecule has 0 saturated carbocycles. The standard InChI is InChI=1S/C14H9FN2O3S/c15-14-5-4-13(7-11(14)8-16)21(19,20)17-12-3-1-2-10(6-12)9-18/h1-7,9,17H. The summed E-state index contributed by atoms with van der Waals surface area (Å²) in [6, 6.07) is 10.4. The summed E-state index contributed by atoms with van der Waals surface area (Å²) in [6.45, 7) is 0. The minimum atomic E-state index is -3.97. The summed E-state index contributed by atoms with van der Waals surface area (Å²) in [7, 11) is -3.97. The first-order chi connectivity index (χ1) is 9.96. The number of hydrogen-bond donors (Lipinski definition) is 1. The van der Waals surface area contributed by atoms with Gasteiger partial charge in [-0.3, -0.25) is 9.52 Å². The molecule has 7 heteroatoms. The zero-order valence-corrected chi connectivity index (χ0v) is 11.4. The molecule has 0 aliphatic carbocycles. The Bertz CT molecular complexity index is 842. The molecule has 0 heterocycles. The first-order valence-corrected chi connectivity index (χ1v) is 7.22. The van der Waals surface area contributed by atoms with Crippen LogP contribution in [0.2, 0.25) is 0 Å². The van der Waals surface area contributed by atoms with Gasteiger partial charge in [0.1, 0.15) is 18.2 Å². The van der Waals surface area contributed by atoms with Crippen LogP contribution in [0.25, 0.3) is 0 Å². The summed E-state index contributed by atoms with van der Waals surface area (Å²) >= 11 is 0. The second kappa shape index (κ2) is 5.73. The lowest BCUT2D eigenvalue weighted by molar-refractivity contribution is 0.112. The van der Waals surface area contributed by atoms with E-state index in [9.17, 15) is 17.6 Å². The molecule has 2 aromatic rings. The summed E-state index contributed by atoms with van der Waals surface area (Å²) in [5.74, 6) is -0.792. The second-order valence-electron chi connectivity index (χ2n) is 4.10. The van der Waals surface area contributed by atoms with Gasteiger partial charge in [0.2, 0.25) is 0 Å². The fourth-order valence-corrected chi connectivity index (χ4v) is 2.72. The molecule has 106 valence electrons. The summed E-state index contributed by atoms with van der Waals surface area (Å²) in [6.07, 6.45) is 0.587. The van der Waals surface area contributed by atoms with Crippen molar-refractivity contribution in [3.8, 4) is 6.07 Å². The van der Waals surface area contributed by atoms with Gasteiger partial charge in [-0.05, 0) is 30.3 Å². The lowest BCUT2D eigenvalue weighted by Crippen LogP contribution is -2.13. The van der Waals surface area contributed by atoms with Crippen LogP contribution in [0.3, 0.4) is 0 Å². The van der Waals surface area contributed by atoms with Crippen molar-refractivity contribution in [3.05, 3.63) is 59.4 Å². The molecule has 0 aromatic heterocycles. The third-order valence-corrected chi connectivity index (χ3v) is 4.02. The van der Waals surface area contributed by atoms with Crippen LogP contribution in [0.1, 0.15) is 15.9 Å². The predicted molar refractivity (Wildman–Crippen MR) is 73.8 cm³/mol. The number of nitriles is 1. The highest BCUT2D eigenvalue weighted by Gasteiger charge is 2.16. The van der Waals surface area contributed by atoms with E-state index in [0.717, 1.165) is 18.2 Å². The van der Waals surface area contributed by atoms with Crippen molar-refractivity contribution in [2.24, 2.45) is 0 Å². The van der Waals surface area contributed by atoms with Crippen molar-refractivity contribution in [2.45, 2.75) is 4.90 Å². The van der Waals surface area contributed by atoms with E-state index in [1.165, 1.54) is 24.3 Å². The van der Waals surface area contributed by atoms with Gasteiger partial charge in [-0.15, -0.1) is 0 Å². The molecule has 0 unspecified atom stereocenters. The van der Waals surface area contributed by atoms with Gasteiger partial charge in [-0.25, -0.2) is 12.8 Å². The SMILES string of the molecule is N#Cc1cc(S(=O)(=O)Nc2cccc(C=O)c2)ccc1F. The maximum absolute atomic E-state index is 13.2. The lowest BCUT2D eigenvalue weighted by atomic mass is 10.2. The number of carbonyl (C=O) groups is 1. The number of hydrogen-bond acceptors (Lipinski definition) is 4. The van der Waals surface area contributed by atoms with Gasteiger partial charge in [0.15, 0.2) is 0 Å². The Morgan fingerprint density at radius 3 is 2.62 bits per heavy atom. The Balaban J connectivity index is 2.38. The summed E-state index contributed by atoms with van der Waals surface area (Å²) in [5, 5.41) is 8.72. The number of nitrogens with zero attached hydrogens (tertiary/aromatic N) is 1. The van der Waals surface area contributed by atoms with Crippen LogP contribution >= 0.6 is 0 Å². The zero-order chi connectivity index (χ0) is 15.5. The fraction of sp³-hybridized carbons (Fsp3) is 0. The van der Waals surface area contributed by atoms with Crippen molar-refractivity contribution in [1.29, 1.82) is 5.26 Å². The van der Waals surface area contributed by atoms with E-state index >= 15 is 0 Å². The van der Waals surface area contributed by atoms with E-state index in [-0.39, 0.29) is 16.1 Å². The fourth-order valence-electron chi connectivity index (χ4n) is 1.65. The monoisotopic (exact) mass is 304 g/mol. The van der Waals surface area contributed by atoms with Gasteiger partial charge < -0.3 is 0 Å². The molecule has 0 aliphatic rings. The lowest BCUT2D eigenvalue weighted by Gasteiger charge is -2.08. The van der Waals surface area contributed by atoms with Crippen LogP contribution < -0.4 is 4.72 Å². The van der Waals surface area contributed by atoms with E-state index in [2.05, 4.69) is 4.72 Å². The average Bonchev–Trinajstić information content (AvgIpc) is 2.47. The van der Waals surface area contributed by atoms with Gasteiger partial charge >= 0.3 is 0 Å². The van der Waals surface area contributed by atoms with Crippen molar-refractivity contribution in [2.75, 3.05) is 4.72 Å². The van der Waals surface area contributed by atoms with Gasteiger partial charge in [0, 0.05) is 11.3 Å². The minimum absolute atomic E-state index is 0.197. The van der Waals surface area contributed by atoms with Crippen LogP contribution in [0, 0.1) is 17.1 Å². The maximum atomic E-state index is 13.2. The Kier molecular flexibility index (Phi) is 4.00. The first kappa shape index (κ1) is 14.7. The number of sulfonamides is 1. The number of nitrogens with one attached hydrogen (secondary N) is 1. The highest BCUT2D eigenvalue weighted by atomic mass is 32.2. The number of benzene rings is 2. The average molecular weight is 304 g/mol. The molecule has 0 atom stereocenters. The largest absolute Gasteiger partial charge is 0.298 e. The van der Waals surface area contributed by atoms with E-state index in [0.29, 0.717) is 11.8 Å². The van der Waals surface area contributed by atoms with Crippen molar-refractivity contribution in [3.63, 3.8) is 0 Å². The topological polar surface area (TPSA) is 87.0 Å². The van der Waals surface area contributed by atoms with Crippen LogP contribution in [-0.2, 0) is 10.0 Å². The molecular weight excluding hydrogens is 295 g/mol. The zero-order valence-electron chi connectivity index (χ0n) is 10.6. The Hall–Kier alpha value is -2.72. The van der Waals surface area contributed by atoms with Crippen LogP contribution in [0.15, 0.2) is 47.4 Å². The van der Waals surface area contributed by atoms with Crippen LogP contribution in [0.5, 0.6) is 0 Å². The molecule has 0 amide bonds. The van der Waals surface area contributed by atoms with Gasteiger partial charge in [0.25, 0.3) is 10.0 Å². The Morgan fingerprint density at radius 2 is 1.95 bits per heavy atom. The van der Waals surface area contributed by atoms with E-state index in [1.54, 1.807) is 6.07 Å². The molecule has 5 nitrogen and oxygen atoms in total. The molecule has 0 fully saturated rings. The van der Waals surface area contributed by atoms with Crippen LogP contribution in [-0.4, -0.2) is 14.7 Å². The number of aldehydes is 1. The highest BCUT2D eigenvalue weighted by Crippen LogP contribution is 2.19.